The molecule has 0 fully saturated rings. The van der Waals surface area contributed by atoms with Crippen LogP contribution in [-0.4, -0.2) is 19.6 Å². The molecule has 1 heterocycles. The summed E-state index contributed by atoms with van der Waals surface area (Å²) < 4.78 is 24.9. The molecule has 1 unspecified atom stereocenters. The molecule has 0 radical (unpaired) electrons. The summed E-state index contributed by atoms with van der Waals surface area (Å²) in [6.45, 7) is 0. The van der Waals surface area contributed by atoms with Gasteiger partial charge in [0, 0.05) is 6.42 Å². The monoisotopic (exact) mass is 315 g/mol. The SMILES string of the molecule is O=S(=O)(c1ccccc1)C1CC(CCc2ccccc2)=NO1. The highest BCUT2D eigenvalue weighted by Gasteiger charge is 2.34. The summed E-state index contributed by atoms with van der Waals surface area (Å²) in [6.07, 6.45) is 1.88. The molecule has 3 rings (SSSR count). The number of hydrogen-bond donors (Lipinski definition) is 0. The molecule has 0 N–H and O–H groups in total. The van der Waals surface area contributed by atoms with Gasteiger partial charge in [-0.1, -0.05) is 53.7 Å². The van der Waals surface area contributed by atoms with Gasteiger partial charge in [-0.25, -0.2) is 8.42 Å². The average Bonchev–Trinajstić information content (AvgIpc) is 3.04. The summed E-state index contributed by atoms with van der Waals surface area (Å²) >= 11 is 0. The van der Waals surface area contributed by atoms with E-state index in [0.29, 0.717) is 12.8 Å². The Hall–Kier alpha value is -2.14. The fraction of sp³-hybridized carbons (Fsp3) is 0.235. The second kappa shape index (κ2) is 6.32. The Morgan fingerprint density at radius 3 is 2.27 bits per heavy atom. The summed E-state index contributed by atoms with van der Waals surface area (Å²) in [4.78, 5) is 5.45. The van der Waals surface area contributed by atoms with E-state index in [9.17, 15) is 8.42 Å². The van der Waals surface area contributed by atoms with Crippen molar-refractivity contribution < 1.29 is 13.3 Å². The summed E-state index contributed by atoms with van der Waals surface area (Å²) in [5.41, 5.74) is 1.11. The number of nitrogens with zero attached hydrogens (tertiary/aromatic N) is 1. The topological polar surface area (TPSA) is 55.7 Å². The van der Waals surface area contributed by atoms with Gasteiger partial charge in [0.25, 0.3) is 0 Å². The molecule has 4 nitrogen and oxygen atoms in total. The first-order valence-corrected chi connectivity index (χ1v) is 8.75. The number of oxime groups is 1. The van der Waals surface area contributed by atoms with Crippen LogP contribution in [-0.2, 0) is 21.1 Å². The fourth-order valence-electron chi connectivity index (χ4n) is 2.41. The van der Waals surface area contributed by atoms with Gasteiger partial charge < -0.3 is 4.84 Å². The third kappa shape index (κ3) is 3.20. The van der Waals surface area contributed by atoms with Crippen LogP contribution in [0.2, 0.25) is 0 Å². The molecule has 2 aromatic rings. The van der Waals surface area contributed by atoms with E-state index in [1.807, 2.05) is 18.2 Å². The summed E-state index contributed by atoms with van der Waals surface area (Å²) in [5.74, 6) is 0. The molecule has 1 atom stereocenters. The highest BCUT2D eigenvalue weighted by molar-refractivity contribution is 7.92. The normalized spacial score (nSPS) is 17.8. The smallest absolute Gasteiger partial charge is 0.236 e. The molecule has 2 aromatic carbocycles. The Labute approximate surface area is 130 Å². The van der Waals surface area contributed by atoms with E-state index < -0.39 is 15.3 Å². The first-order chi connectivity index (χ1) is 10.7. The first kappa shape index (κ1) is 14.8. The molecule has 22 heavy (non-hydrogen) atoms. The standard InChI is InChI=1S/C17H17NO3S/c19-22(20,16-9-5-2-6-10-16)17-13-15(18-21-17)12-11-14-7-3-1-4-8-14/h1-10,17H,11-13H2. The van der Waals surface area contributed by atoms with E-state index in [0.717, 1.165) is 12.1 Å². The van der Waals surface area contributed by atoms with Crippen LogP contribution < -0.4 is 0 Å². The Morgan fingerprint density at radius 2 is 1.59 bits per heavy atom. The van der Waals surface area contributed by atoms with Gasteiger partial charge in [0.15, 0.2) is 0 Å². The van der Waals surface area contributed by atoms with Crippen molar-refractivity contribution in [2.75, 3.05) is 0 Å². The Kier molecular flexibility index (Phi) is 4.24. The van der Waals surface area contributed by atoms with Crippen LogP contribution in [0.15, 0.2) is 70.7 Å². The zero-order valence-electron chi connectivity index (χ0n) is 12.1. The minimum Gasteiger partial charge on any atom is -0.375 e. The average molecular weight is 315 g/mol. The van der Waals surface area contributed by atoms with E-state index in [2.05, 4.69) is 17.3 Å². The maximum atomic E-state index is 12.5. The molecule has 5 heteroatoms. The summed E-state index contributed by atoms with van der Waals surface area (Å²) in [6, 6.07) is 18.4. The zero-order valence-corrected chi connectivity index (χ0v) is 12.9. The maximum Gasteiger partial charge on any atom is 0.236 e. The molecule has 0 aromatic heterocycles. The third-order valence-electron chi connectivity index (χ3n) is 3.66. The van der Waals surface area contributed by atoms with Crippen LogP contribution in [0.5, 0.6) is 0 Å². The third-order valence-corrected chi connectivity index (χ3v) is 5.54. The minimum atomic E-state index is -3.49. The van der Waals surface area contributed by atoms with Crippen molar-refractivity contribution in [3.63, 3.8) is 0 Å². The minimum absolute atomic E-state index is 0.277. The van der Waals surface area contributed by atoms with Crippen LogP contribution in [0, 0.1) is 0 Å². The van der Waals surface area contributed by atoms with Crippen LogP contribution in [0.1, 0.15) is 18.4 Å². The van der Waals surface area contributed by atoms with Crippen LogP contribution in [0.3, 0.4) is 0 Å². The van der Waals surface area contributed by atoms with Crippen molar-refractivity contribution in [2.24, 2.45) is 5.16 Å². The van der Waals surface area contributed by atoms with Gasteiger partial charge in [-0.05, 0) is 30.5 Å². The predicted octanol–water partition coefficient (Wildman–Crippen LogP) is 3.20. The molecule has 0 spiro atoms. The number of rotatable bonds is 5. The number of sulfone groups is 1. The number of hydrogen-bond acceptors (Lipinski definition) is 4. The molecule has 0 saturated carbocycles. The van der Waals surface area contributed by atoms with Gasteiger partial charge in [0.2, 0.25) is 15.3 Å². The van der Waals surface area contributed by atoms with E-state index in [-0.39, 0.29) is 4.90 Å². The van der Waals surface area contributed by atoms with Crippen molar-refractivity contribution in [1.82, 2.24) is 0 Å². The molecular formula is C17H17NO3S. The Bertz CT molecular complexity index is 755. The molecule has 0 saturated heterocycles. The molecule has 0 bridgehead atoms. The largest absolute Gasteiger partial charge is 0.375 e. The number of benzene rings is 2. The fourth-order valence-corrected chi connectivity index (χ4v) is 3.82. The van der Waals surface area contributed by atoms with Crippen molar-refractivity contribution in [1.29, 1.82) is 0 Å². The van der Waals surface area contributed by atoms with Gasteiger partial charge in [0.1, 0.15) is 0 Å². The van der Waals surface area contributed by atoms with Gasteiger partial charge in [0.05, 0.1) is 10.6 Å². The Balaban J connectivity index is 1.62. The lowest BCUT2D eigenvalue weighted by molar-refractivity contribution is 0.140. The highest BCUT2D eigenvalue weighted by atomic mass is 32.2. The summed E-state index contributed by atoms with van der Waals surface area (Å²) in [5, 5.41) is 3.96. The van der Waals surface area contributed by atoms with Crippen molar-refractivity contribution in [2.45, 2.75) is 29.6 Å². The van der Waals surface area contributed by atoms with Gasteiger partial charge in [-0.2, -0.15) is 0 Å². The molecule has 114 valence electrons. The van der Waals surface area contributed by atoms with Gasteiger partial charge >= 0.3 is 0 Å². The first-order valence-electron chi connectivity index (χ1n) is 7.21. The van der Waals surface area contributed by atoms with Gasteiger partial charge in [-0.15, -0.1) is 0 Å². The van der Waals surface area contributed by atoms with E-state index >= 15 is 0 Å². The van der Waals surface area contributed by atoms with Crippen LogP contribution in [0.4, 0.5) is 0 Å². The lowest BCUT2D eigenvalue weighted by Gasteiger charge is -2.09. The van der Waals surface area contributed by atoms with E-state index in [1.54, 1.807) is 30.3 Å². The predicted molar refractivity (Wildman–Crippen MR) is 85.3 cm³/mol. The van der Waals surface area contributed by atoms with Gasteiger partial charge in [-0.3, -0.25) is 0 Å². The molecular weight excluding hydrogens is 298 g/mol. The summed E-state index contributed by atoms with van der Waals surface area (Å²) in [7, 11) is -3.49. The van der Waals surface area contributed by atoms with Crippen LogP contribution >= 0.6 is 0 Å². The van der Waals surface area contributed by atoms with Crippen molar-refractivity contribution >= 4 is 15.5 Å². The molecule has 0 amide bonds. The van der Waals surface area contributed by atoms with Crippen LogP contribution in [0.25, 0.3) is 0 Å². The second-order valence-corrected chi connectivity index (χ2v) is 7.33. The van der Waals surface area contributed by atoms with E-state index in [1.165, 1.54) is 5.56 Å². The Morgan fingerprint density at radius 1 is 0.955 bits per heavy atom. The second-order valence-electron chi connectivity index (χ2n) is 5.24. The lowest BCUT2D eigenvalue weighted by Crippen LogP contribution is -2.21. The van der Waals surface area contributed by atoms with Crippen molar-refractivity contribution in [3.05, 3.63) is 66.2 Å². The molecule has 1 aliphatic rings. The lowest BCUT2D eigenvalue weighted by atomic mass is 10.1. The quantitative estimate of drug-likeness (QED) is 0.851. The van der Waals surface area contributed by atoms with E-state index in [4.69, 9.17) is 4.84 Å². The molecule has 0 aliphatic carbocycles. The zero-order chi connectivity index (χ0) is 15.4. The maximum absolute atomic E-state index is 12.5. The van der Waals surface area contributed by atoms with Crippen molar-refractivity contribution in [3.8, 4) is 0 Å². The highest BCUT2D eigenvalue weighted by Crippen LogP contribution is 2.25. The number of aryl methyl sites for hydroxylation is 1. The molecule has 1 aliphatic heterocycles.